The number of para-hydroxylation sites is 1. The molecule has 9 aromatic rings. The molecular formula is C41H25N5S. The van der Waals surface area contributed by atoms with Crippen LogP contribution in [0.25, 0.3) is 87.9 Å². The first-order valence-electron chi connectivity index (χ1n) is 15.4. The molecule has 0 radical (unpaired) electrons. The first-order valence-corrected chi connectivity index (χ1v) is 16.2. The van der Waals surface area contributed by atoms with E-state index in [-0.39, 0.29) is 0 Å². The van der Waals surface area contributed by atoms with Crippen LogP contribution in [0, 0.1) is 0 Å². The number of aromatic nitrogens is 5. The zero-order valence-electron chi connectivity index (χ0n) is 25.1. The van der Waals surface area contributed by atoms with Crippen molar-refractivity contribution in [3.63, 3.8) is 0 Å². The van der Waals surface area contributed by atoms with Crippen molar-refractivity contribution < 1.29 is 0 Å². The molecule has 0 aliphatic carbocycles. The van der Waals surface area contributed by atoms with Crippen molar-refractivity contribution in [3.05, 3.63) is 152 Å². The molecule has 0 amide bonds. The Morgan fingerprint density at radius 3 is 1.77 bits per heavy atom. The van der Waals surface area contributed by atoms with Gasteiger partial charge in [0.15, 0.2) is 17.5 Å². The molecule has 0 unspecified atom stereocenters. The van der Waals surface area contributed by atoms with Crippen molar-refractivity contribution in [2.45, 2.75) is 0 Å². The molecule has 0 N–H and O–H groups in total. The van der Waals surface area contributed by atoms with E-state index >= 15 is 0 Å². The Kier molecular flexibility index (Phi) is 6.58. The minimum absolute atomic E-state index is 0.610. The summed E-state index contributed by atoms with van der Waals surface area (Å²) in [6, 6.07) is 51.5. The van der Waals surface area contributed by atoms with Crippen LogP contribution in [-0.4, -0.2) is 24.9 Å². The molecule has 4 aromatic heterocycles. The van der Waals surface area contributed by atoms with Crippen LogP contribution in [0.15, 0.2) is 152 Å². The van der Waals surface area contributed by atoms with Gasteiger partial charge in [0.05, 0.1) is 22.6 Å². The average Bonchev–Trinajstić information content (AvgIpc) is 3.53. The predicted molar refractivity (Wildman–Crippen MR) is 193 cm³/mol. The highest BCUT2D eigenvalue weighted by molar-refractivity contribution is 7.26. The van der Waals surface area contributed by atoms with Crippen molar-refractivity contribution >= 4 is 42.4 Å². The summed E-state index contributed by atoms with van der Waals surface area (Å²) in [7, 11) is 0. The molecule has 0 saturated heterocycles. The number of hydrogen-bond donors (Lipinski definition) is 0. The summed E-state index contributed by atoms with van der Waals surface area (Å²) in [6.45, 7) is 0. The van der Waals surface area contributed by atoms with Crippen LogP contribution in [0.1, 0.15) is 0 Å². The van der Waals surface area contributed by atoms with E-state index in [1.54, 1.807) is 11.3 Å². The summed E-state index contributed by atoms with van der Waals surface area (Å²) in [5.41, 5.74) is 7.30. The predicted octanol–water partition coefficient (Wildman–Crippen LogP) is 10.5. The monoisotopic (exact) mass is 619 g/mol. The lowest BCUT2D eigenvalue weighted by atomic mass is 10.0. The second-order valence-electron chi connectivity index (χ2n) is 11.3. The normalized spacial score (nSPS) is 11.4. The van der Waals surface area contributed by atoms with Crippen LogP contribution < -0.4 is 0 Å². The van der Waals surface area contributed by atoms with Gasteiger partial charge in [-0.25, -0.2) is 24.9 Å². The number of hydrogen-bond acceptors (Lipinski definition) is 6. The van der Waals surface area contributed by atoms with Gasteiger partial charge in [0.1, 0.15) is 0 Å². The lowest BCUT2D eigenvalue weighted by Crippen LogP contribution is -2.00. The zero-order chi connectivity index (χ0) is 31.2. The molecular weight excluding hydrogens is 595 g/mol. The van der Waals surface area contributed by atoms with Gasteiger partial charge in [-0.2, -0.15) is 0 Å². The molecule has 0 spiro atoms. The first kappa shape index (κ1) is 27.2. The third kappa shape index (κ3) is 5.01. The molecule has 6 heteroatoms. The summed E-state index contributed by atoms with van der Waals surface area (Å²) in [4.78, 5) is 25.2. The fourth-order valence-corrected chi connectivity index (χ4v) is 7.17. The Morgan fingerprint density at radius 2 is 1.00 bits per heavy atom. The topological polar surface area (TPSA) is 64.5 Å². The molecule has 47 heavy (non-hydrogen) atoms. The minimum atomic E-state index is 0.610. The highest BCUT2D eigenvalue weighted by Gasteiger charge is 2.18. The van der Waals surface area contributed by atoms with Crippen molar-refractivity contribution in [1.29, 1.82) is 0 Å². The molecule has 0 aliphatic rings. The van der Waals surface area contributed by atoms with Crippen LogP contribution in [-0.2, 0) is 0 Å². The number of pyridine rings is 2. The van der Waals surface area contributed by atoms with E-state index in [2.05, 4.69) is 66.7 Å². The van der Waals surface area contributed by atoms with Gasteiger partial charge in [0.2, 0.25) is 0 Å². The van der Waals surface area contributed by atoms with Crippen LogP contribution in [0.2, 0.25) is 0 Å². The van der Waals surface area contributed by atoms with E-state index in [1.807, 2.05) is 84.9 Å². The highest BCUT2D eigenvalue weighted by Crippen LogP contribution is 2.41. The second-order valence-corrected chi connectivity index (χ2v) is 12.4. The summed E-state index contributed by atoms with van der Waals surface area (Å²) in [5.74, 6) is 1.88. The standard InChI is InChI=1S/C41H25N5S/c1-3-13-27(14-4-1)39-44-40(28-15-5-2-6-16-28)46-41(45-39)30-18-11-17-29(24-30)34-25-36-37(31-19-8-10-21-35(31)47-36)38(43-34)33-23-22-26-12-7-9-20-32(26)42-33/h1-25H. The number of thiophene rings is 1. The lowest BCUT2D eigenvalue weighted by molar-refractivity contribution is 1.07. The Balaban J connectivity index is 1.23. The van der Waals surface area contributed by atoms with E-state index in [9.17, 15) is 0 Å². The third-order valence-electron chi connectivity index (χ3n) is 8.32. The summed E-state index contributed by atoms with van der Waals surface area (Å²) in [5, 5.41) is 3.43. The largest absolute Gasteiger partial charge is 0.246 e. The Labute approximate surface area is 275 Å². The zero-order valence-corrected chi connectivity index (χ0v) is 25.9. The van der Waals surface area contributed by atoms with Crippen LogP contribution in [0.3, 0.4) is 0 Å². The van der Waals surface area contributed by atoms with Gasteiger partial charge in [-0.1, -0.05) is 121 Å². The van der Waals surface area contributed by atoms with Crippen LogP contribution in [0.4, 0.5) is 0 Å². The molecule has 0 aliphatic heterocycles. The van der Waals surface area contributed by atoms with Crippen molar-refractivity contribution in [2.75, 3.05) is 0 Å². The fourth-order valence-electron chi connectivity index (χ4n) is 6.03. The van der Waals surface area contributed by atoms with Crippen molar-refractivity contribution in [3.8, 4) is 56.8 Å². The van der Waals surface area contributed by atoms with Crippen molar-refractivity contribution in [2.24, 2.45) is 0 Å². The van der Waals surface area contributed by atoms with Gasteiger partial charge in [-0.15, -0.1) is 11.3 Å². The molecule has 0 atom stereocenters. The smallest absolute Gasteiger partial charge is 0.164 e. The van der Waals surface area contributed by atoms with E-state index in [1.165, 1.54) is 14.8 Å². The van der Waals surface area contributed by atoms with Gasteiger partial charge < -0.3 is 0 Å². The highest BCUT2D eigenvalue weighted by atomic mass is 32.1. The quantitative estimate of drug-likeness (QED) is 0.192. The Hall–Kier alpha value is -6.11. The molecule has 5 aromatic carbocycles. The fraction of sp³-hybridized carbons (Fsp3) is 0. The van der Waals surface area contributed by atoms with Gasteiger partial charge in [0.25, 0.3) is 0 Å². The number of rotatable bonds is 5. The SMILES string of the molecule is c1ccc(-c2nc(-c3ccccc3)nc(-c3cccc(-c4cc5sc6ccccc6c5c(-c5ccc6ccccc6n5)n4)c3)n2)cc1. The van der Waals surface area contributed by atoms with Crippen LogP contribution in [0.5, 0.6) is 0 Å². The first-order chi connectivity index (χ1) is 23.3. The molecule has 0 saturated carbocycles. The Bertz CT molecular complexity index is 2520. The maximum atomic E-state index is 5.33. The molecule has 220 valence electrons. The van der Waals surface area contributed by atoms with E-state index in [4.69, 9.17) is 24.9 Å². The molecule has 4 heterocycles. The van der Waals surface area contributed by atoms with Crippen molar-refractivity contribution in [1.82, 2.24) is 24.9 Å². The van der Waals surface area contributed by atoms with E-state index in [0.717, 1.165) is 55.6 Å². The summed E-state index contributed by atoms with van der Waals surface area (Å²) >= 11 is 1.78. The third-order valence-corrected chi connectivity index (χ3v) is 9.43. The van der Waals surface area contributed by atoms with E-state index in [0.29, 0.717) is 17.5 Å². The number of benzene rings is 5. The van der Waals surface area contributed by atoms with Crippen LogP contribution >= 0.6 is 11.3 Å². The second kappa shape index (κ2) is 11.4. The summed E-state index contributed by atoms with van der Waals surface area (Å²) in [6.07, 6.45) is 0. The van der Waals surface area contributed by atoms with Gasteiger partial charge >= 0.3 is 0 Å². The van der Waals surface area contributed by atoms with Gasteiger partial charge in [0, 0.05) is 47.8 Å². The molecule has 5 nitrogen and oxygen atoms in total. The van der Waals surface area contributed by atoms with E-state index < -0.39 is 0 Å². The van der Waals surface area contributed by atoms with Gasteiger partial charge in [-0.3, -0.25) is 0 Å². The average molecular weight is 620 g/mol. The van der Waals surface area contributed by atoms with Gasteiger partial charge in [-0.05, 0) is 30.3 Å². The maximum Gasteiger partial charge on any atom is 0.164 e. The molecule has 0 fully saturated rings. The molecule has 9 rings (SSSR count). The number of nitrogens with zero attached hydrogens (tertiary/aromatic N) is 5. The summed E-state index contributed by atoms with van der Waals surface area (Å²) < 4.78 is 2.40. The number of fused-ring (bicyclic) bond motifs is 4. The maximum absolute atomic E-state index is 5.33. The minimum Gasteiger partial charge on any atom is -0.246 e. The lowest BCUT2D eigenvalue weighted by Gasteiger charge is -2.11. The molecule has 0 bridgehead atoms. The Morgan fingerprint density at radius 1 is 0.383 bits per heavy atom.